The van der Waals surface area contributed by atoms with Gasteiger partial charge >= 0.3 is 5.97 Å². The van der Waals surface area contributed by atoms with Crippen molar-refractivity contribution >= 4 is 39.0 Å². The lowest BCUT2D eigenvalue weighted by Gasteiger charge is -2.37. The fourth-order valence-electron chi connectivity index (χ4n) is 4.98. The number of anilines is 2. The number of likely N-dealkylation sites (tertiary alicyclic amines) is 1. The number of hydrogen-bond donors (Lipinski definition) is 0. The van der Waals surface area contributed by atoms with Gasteiger partial charge in [0.05, 0.1) is 18.5 Å². The third-order valence-electron chi connectivity index (χ3n) is 6.79. The summed E-state index contributed by atoms with van der Waals surface area (Å²) in [5.74, 6) is 1.56. The van der Waals surface area contributed by atoms with Gasteiger partial charge in [-0.1, -0.05) is 24.6 Å². The lowest BCUT2D eigenvalue weighted by Crippen LogP contribution is -2.47. The number of para-hydroxylation sites is 1. The van der Waals surface area contributed by atoms with Gasteiger partial charge in [-0.15, -0.1) is 11.3 Å². The number of hydrogen-bond acceptors (Lipinski definition) is 8. The van der Waals surface area contributed by atoms with E-state index in [1.54, 1.807) is 0 Å². The SMILES string of the molecule is CCOC(=O)c1sc2nc(CN3CCCCC3)nc(N3CCN(c4ccccc4)CC3)c2c1C. The molecule has 0 unspecified atom stereocenters. The van der Waals surface area contributed by atoms with Gasteiger partial charge in [-0.2, -0.15) is 0 Å². The average Bonchev–Trinajstić information content (AvgIpc) is 3.21. The Balaban J connectivity index is 1.47. The molecule has 0 radical (unpaired) electrons. The molecule has 0 bridgehead atoms. The molecule has 0 spiro atoms. The number of aromatic nitrogens is 2. The van der Waals surface area contributed by atoms with Gasteiger partial charge in [0, 0.05) is 31.9 Å². The molecule has 0 atom stereocenters. The summed E-state index contributed by atoms with van der Waals surface area (Å²) in [6.07, 6.45) is 3.78. The second kappa shape index (κ2) is 10.3. The monoisotopic (exact) mass is 479 g/mol. The predicted molar refractivity (Wildman–Crippen MR) is 138 cm³/mol. The Hall–Kier alpha value is -2.71. The number of fused-ring (bicyclic) bond motifs is 1. The maximum absolute atomic E-state index is 12.6. The number of rotatable bonds is 6. The van der Waals surface area contributed by atoms with Gasteiger partial charge in [-0.25, -0.2) is 14.8 Å². The number of nitrogens with zero attached hydrogens (tertiary/aromatic N) is 5. The zero-order valence-electron chi connectivity index (χ0n) is 20.1. The molecule has 2 aromatic heterocycles. The minimum absolute atomic E-state index is 0.263. The maximum atomic E-state index is 12.6. The summed E-state index contributed by atoms with van der Waals surface area (Å²) in [4.78, 5) is 31.5. The van der Waals surface area contributed by atoms with Crippen molar-refractivity contribution in [1.82, 2.24) is 14.9 Å². The highest BCUT2D eigenvalue weighted by Gasteiger charge is 2.27. The number of carbonyl (C=O) groups excluding carboxylic acids is 1. The third-order valence-corrected chi connectivity index (χ3v) is 7.96. The van der Waals surface area contributed by atoms with Crippen LogP contribution in [0.3, 0.4) is 0 Å². The van der Waals surface area contributed by atoms with E-state index in [0.717, 1.165) is 73.2 Å². The number of piperidine rings is 1. The van der Waals surface area contributed by atoms with Crippen molar-refractivity contribution in [2.75, 3.05) is 55.7 Å². The summed E-state index contributed by atoms with van der Waals surface area (Å²) < 4.78 is 5.33. The lowest BCUT2D eigenvalue weighted by atomic mass is 10.1. The van der Waals surface area contributed by atoms with Gasteiger partial charge in [0.1, 0.15) is 21.3 Å². The molecule has 8 heteroatoms. The Labute approximate surface area is 205 Å². The van der Waals surface area contributed by atoms with E-state index in [9.17, 15) is 4.79 Å². The van der Waals surface area contributed by atoms with Crippen LogP contribution in [0.5, 0.6) is 0 Å². The van der Waals surface area contributed by atoms with Crippen LogP contribution in [0.15, 0.2) is 30.3 Å². The van der Waals surface area contributed by atoms with Crippen LogP contribution in [-0.2, 0) is 11.3 Å². The molecule has 3 aromatic rings. The molecule has 2 aliphatic heterocycles. The van der Waals surface area contributed by atoms with E-state index in [2.05, 4.69) is 45.0 Å². The van der Waals surface area contributed by atoms with Crippen molar-refractivity contribution < 1.29 is 9.53 Å². The Morgan fingerprint density at radius 3 is 2.38 bits per heavy atom. The highest BCUT2D eigenvalue weighted by Crippen LogP contribution is 2.36. The predicted octanol–water partition coefficient (Wildman–Crippen LogP) is 4.49. The van der Waals surface area contributed by atoms with Gasteiger partial charge in [0.25, 0.3) is 0 Å². The molecule has 1 aromatic carbocycles. The van der Waals surface area contributed by atoms with Crippen LogP contribution in [0.2, 0.25) is 0 Å². The molecule has 180 valence electrons. The maximum Gasteiger partial charge on any atom is 0.348 e. The van der Waals surface area contributed by atoms with E-state index in [1.165, 1.54) is 36.3 Å². The van der Waals surface area contributed by atoms with Gasteiger partial charge in [0.15, 0.2) is 0 Å². The molecule has 0 saturated carbocycles. The number of ether oxygens (including phenoxy) is 1. The van der Waals surface area contributed by atoms with E-state index < -0.39 is 0 Å². The first-order valence-corrected chi connectivity index (χ1v) is 13.2. The minimum atomic E-state index is -0.263. The molecular formula is C26H33N5O2S. The molecule has 4 heterocycles. The molecule has 0 amide bonds. The second-order valence-corrected chi connectivity index (χ2v) is 10.1. The van der Waals surface area contributed by atoms with Crippen LogP contribution in [0.1, 0.15) is 47.2 Å². The van der Waals surface area contributed by atoms with E-state index in [1.807, 2.05) is 13.8 Å². The molecule has 0 aliphatic carbocycles. The molecular weight excluding hydrogens is 446 g/mol. The van der Waals surface area contributed by atoms with Crippen LogP contribution in [-0.4, -0.2) is 66.7 Å². The molecule has 34 heavy (non-hydrogen) atoms. The van der Waals surface area contributed by atoms with Crippen LogP contribution in [0.4, 0.5) is 11.5 Å². The molecule has 0 N–H and O–H groups in total. The highest BCUT2D eigenvalue weighted by atomic mass is 32.1. The standard InChI is InChI=1S/C26H33N5O2S/c1-3-33-26(32)23-19(2)22-24(31-16-14-30(15-17-31)20-10-6-4-7-11-20)27-21(28-25(22)34-23)18-29-12-8-5-9-13-29/h4,6-7,10-11H,3,5,8-9,12-18H2,1-2H3. The summed E-state index contributed by atoms with van der Waals surface area (Å²) in [6, 6.07) is 10.6. The third kappa shape index (κ3) is 4.74. The van der Waals surface area contributed by atoms with Crippen LogP contribution >= 0.6 is 11.3 Å². The Kier molecular flexibility index (Phi) is 6.97. The highest BCUT2D eigenvalue weighted by molar-refractivity contribution is 7.20. The molecule has 2 aliphatic rings. The van der Waals surface area contributed by atoms with Gasteiger partial charge in [0.2, 0.25) is 0 Å². The Bertz CT molecular complexity index is 1140. The zero-order chi connectivity index (χ0) is 23.5. The number of thiophene rings is 1. The van der Waals surface area contributed by atoms with Crippen molar-refractivity contribution in [3.05, 3.63) is 46.6 Å². The number of piperazine rings is 1. The summed E-state index contributed by atoms with van der Waals surface area (Å²) in [5, 5.41) is 1.00. The normalized spacial score (nSPS) is 17.4. The van der Waals surface area contributed by atoms with Gasteiger partial charge < -0.3 is 14.5 Å². The number of aryl methyl sites for hydroxylation is 1. The molecule has 7 nitrogen and oxygen atoms in total. The van der Waals surface area contributed by atoms with E-state index in [-0.39, 0.29) is 5.97 Å². The quantitative estimate of drug-likeness (QED) is 0.483. The van der Waals surface area contributed by atoms with E-state index >= 15 is 0 Å². The van der Waals surface area contributed by atoms with E-state index in [0.29, 0.717) is 11.5 Å². The largest absolute Gasteiger partial charge is 0.462 e. The first-order valence-electron chi connectivity index (χ1n) is 12.4. The van der Waals surface area contributed by atoms with Crippen LogP contribution in [0, 0.1) is 6.92 Å². The van der Waals surface area contributed by atoms with Gasteiger partial charge in [-0.3, -0.25) is 4.90 Å². The fraction of sp³-hybridized carbons (Fsp3) is 0.500. The van der Waals surface area contributed by atoms with Crippen molar-refractivity contribution in [3.63, 3.8) is 0 Å². The molecule has 2 fully saturated rings. The van der Waals surface area contributed by atoms with Crippen molar-refractivity contribution in [2.24, 2.45) is 0 Å². The molecule has 2 saturated heterocycles. The first-order chi connectivity index (χ1) is 16.6. The van der Waals surface area contributed by atoms with Crippen molar-refractivity contribution in [2.45, 2.75) is 39.7 Å². The number of benzene rings is 1. The minimum Gasteiger partial charge on any atom is -0.462 e. The van der Waals surface area contributed by atoms with Crippen molar-refractivity contribution in [1.29, 1.82) is 0 Å². The number of carbonyl (C=O) groups is 1. The second-order valence-electron chi connectivity index (χ2n) is 9.07. The Morgan fingerprint density at radius 2 is 1.68 bits per heavy atom. The summed E-state index contributed by atoms with van der Waals surface area (Å²) in [7, 11) is 0. The number of esters is 1. The summed E-state index contributed by atoms with van der Waals surface area (Å²) >= 11 is 1.44. The smallest absolute Gasteiger partial charge is 0.348 e. The summed E-state index contributed by atoms with van der Waals surface area (Å²) in [5.41, 5.74) is 2.19. The van der Waals surface area contributed by atoms with Crippen LogP contribution < -0.4 is 9.80 Å². The van der Waals surface area contributed by atoms with Gasteiger partial charge in [-0.05, 0) is 57.5 Å². The topological polar surface area (TPSA) is 61.8 Å². The van der Waals surface area contributed by atoms with Crippen molar-refractivity contribution in [3.8, 4) is 0 Å². The summed E-state index contributed by atoms with van der Waals surface area (Å²) in [6.45, 7) is 10.8. The fourth-order valence-corrected chi connectivity index (χ4v) is 6.07. The zero-order valence-corrected chi connectivity index (χ0v) is 20.9. The van der Waals surface area contributed by atoms with Crippen LogP contribution in [0.25, 0.3) is 10.2 Å². The first kappa shape index (κ1) is 23.1. The Morgan fingerprint density at radius 1 is 0.971 bits per heavy atom. The molecule has 5 rings (SSSR count). The lowest BCUT2D eigenvalue weighted by molar-refractivity contribution is 0.0531. The van der Waals surface area contributed by atoms with E-state index in [4.69, 9.17) is 14.7 Å². The average molecular weight is 480 g/mol.